The number of benzene rings is 2. The zero-order valence-corrected chi connectivity index (χ0v) is 15.1. The Morgan fingerprint density at radius 3 is 2.12 bits per heavy atom. The largest absolute Gasteiger partial charge is 0.467 e. The van der Waals surface area contributed by atoms with Gasteiger partial charge in [-0.3, -0.25) is 0 Å². The van der Waals surface area contributed by atoms with Gasteiger partial charge in [0.2, 0.25) is 0 Å². The number of carbonyl (C=O) groups excluding carboxylic acids is 2. The Labute approximate surface area is 155 Å². The molecule has 25 heavy (non-hydrogen) atoms. The number of ether oxygens (including phenoxy) is 1. The van der Waals surface area contributed by atoms with E-state index in [1.54, 1.807) is 55.6 Å². The first-order chi connectivity index (χ1) is 11.9. The molecule has 2 amide bonds. The highest BCUT2D eigenvalue weighted by Crippen LogP contribution is 2.45. The molecular weight excluding hydrogens is 363 g/mol. The SMILES string of the molecule is COC(=O)[C@]1(c2ccc(Cl)cc2)[C@@H](c2ccc(Cl)cc2)NC(=O)N1C. The molecule has 5 nitrogen and oxygen atoms in total. The zero-order chi connectivity index (χ0) is 18.2. The van der Waals surface area contributed by atoms with Crippen LogP contribution < -0.4 is 5.32 Å². The Hall–Kier alpha value is -2.24. The maximum absolute atomic E-state index is 12.9. The lowest BCUT2D eigenvalue weighted by atomic mass is 9.79. The van der Waals surface area contributed by atoms with Crippen LogP contribution in [-0.2, 0) is 15.1 Å². The second-order valence-electron chi connectivity index (χ2n) is 5.76. The molecule has 0 radical (unpaired) electrons. The lowest BCUT2D eigenvalue weighted by molar-refractivity contribution is -0.153. The van der Waals surface area contributed by atoms with Crippen LogP contribution in [-0.4, -0.2) is 31.1 Å². The van der Waals surface area contributed by atoms with Crippen LogP contribution in [0, 0.1) is 0 Å². The van der Waals surface area contributed by atoms with Gasteiger partial charge in [-0.25, -0.2) is 9.59 Å². The molecule has 1 heterocycles. The fourth-order valence-corrected chi connectivity index (χ4v) is 3.50. The van der Waals surface area contributed by atoms with Crippen molar-refractivity contribution in [3.05, 3.63) is 69.7 Å². The van der Waals surface area contributed by atoms with Crippen LogP contribution in [0.3, 0.4) is 0 Å². The third-order valence-corrected chi connectivity index (χ3v) is 5.01. The molecule has 1 aliphatic heterocycles. The van der Waals surface area contributed by atoms with E-state index in [0.29, 0.717) is 15.6 Å². The summed E-state index contributed by atoms with van der Waals surface area (Å²) in [6.45, 7) is 0. The summed E-state index contributed by atoms with van der Waals surface area (Å²) in [5.74, 6) is -0.546. The Morgan fingerprint density at radius 2 is 1.60 bits per heavy atom. The Kier molecular flexibility index (Phi) is 4.62. The Balaban J connectivity index is 2.24. The molecule has 0 aliphatic carbocycles. The van der Waals surface area contributed by atoms with Gasteiger partial charge in [0.05, 0.1) is 13.2 Å². The number of amides is 2. The van der Waals surface area contributed by atoms with Crippen molar-refractivity contribution in [3.63, 3.8) is 0 Å². The van der Waals surface area contributed by atoms with Crippen LogP contribution in [0.1, 0.15) is 17.2 Å². The Bertz CT molecular complexity index is 808. The predicted molar refractivity (Wildman–Crippen MR) is 95.6 cm³/mol. The van der Waals surface area contributed by atoms with Gasteiger partial charge >= 0.3 is 12.0 Å². The van der Waals surface area contributed by atoms with Gasteiger partial charge in [-0.2, -0.15) is 0 Å². The number of halogens is 2. The molecule has 7 heteroatoms. The van der Waals surface area contributed by atoms with Crippen molar-refractivity contribution < 1.29 is 14.3 Å². The maximum atomic E-state index is 12.9. The predicted octanol–water partition coefficient (Wildman–Crippen LogP) is 3.76. The van der Waals surface area contributed by atoms with E-state index in [1.165, 1.54) is 12.0 Å². The van der Waals surface area contributed by atoms with E-state index in [-0.39, 0.29) is 6.03 Å². The van der Waals surface area contributed by atoms with Crippen LogP contribution >= 0.6 is 23.2 Å². The molecule has 2 atom stereocenters. The van der Waals surface area contributed by atoms with Crippen LogP contribution in [0.2, 0.25) is 10.0 Å². The van der Waals surface area contributed by atoms with Crippen molar-refractivity contribution in [2.45, 2.75) is 11.6 Å². The lowest BCUT2D eigenvalue weighted by Gasteiger charge is -2.36. The molecule has 1 aliphatic rings. The van der Waals surface area contributed by atoms with E-state index in [9.17, 15) is 9.59 Å². The zero-order valence-electron chi connectivity index (χ0n) is 13.6. The fourth-order valence-electron chi connectivity index (χ4n) is 3.25. The van der Waals surface area contributed by atoms with Gasteiger partial charge < -0.3 is 15.0 Å². The van der Waals surface area contributed by atoms with E-state index < -0.39 is 17.6 Å². The van der Waals surface area contributed by atoms with Crippen LogP contribution in [0.15, 0.2) is 48.5 Å². The third-order valence-electron chi connectivity index (χ3n) is 4.50. The van der Waals surface area contributed by atoms with Crippen LogP contribution in [0.4, 0.5) is 4.79 Å². The molecule has 0 saturated carbocycles. The van der Waals surface area contributed by atoms with Crippen molar-refractivity contribution in [2.24, 2.45) is 0 Å². The number of nitrogens with one attached hydrogen (secondary N) is 1. The average Bonchev–Trinajstić information content (AvgIpc) is 2.88. The summed E-state index contributed by atoms with van der Waals surface area (Å²) in [6.07, 6.45) is 0. The van der Waals surface area contributed by atoms with E-state index in [4.69, 9.17) is 27.9 Å². The number of methoxy groups -OCH3 is 1. The smallest absolute Gasteiger partial charge is 0.339 e. The minimum atomic E-state index is -1.36. The van der Waals surface area contributed by atoms with Crippen molar-refractivity contribution in [1.29, 1.82) is 0 Å². The molecule has 130 valence electrons. The minimum absolute atomic E-state index is 0.375. The second kappa shape index (κ2) is 6.58. The maximum Gasteiger partial charge on any atom is 0.339 e. The third kappa shape index (κ3) is 2.73. The average molecular weight is 379 g/mol. The number of nitrogens with zero attached hydrogens (tertiary/aromatic N) is 1. The number of urea groups is 1. The summed E-state index contributed by atoms with van der Waals surface area (Å²) in [4.78, 5) is 26.7. The number of rotatable bonds is 3. The van der Waals surface area contributed by atoms with E-state index >= 15 is 0 Å². The van der Waals surface area contributed by atoms with Gasteiger partial charge in [0.1, 0.15) is 0 Å². The van der Waals surface area contributed by atoms with Crippen LogP contribution in [0.25, 0.3) is 0 Å². The number of hydrogen-bond acceptors (Lipinski definition) is 3. The summed E-state index contributed by atoms with van der Waals surface area (Å²) in [6, 6.07) is 12.8. The summed E-state index contributed by atoms with van der Waals surface area (Å²) >= 11 is 12.0. The number of hydrogen-bond donors (Lipinski definition) is 1. The molecule has 2 aromatic carbocycles. The van der Waals surface area contributed by atoms with Gasteiger partial charge in [0, 0.05) is 17.1 Å². The van der Waals surface area contributed by atoms with E-state index in [1.807, 2.05) is 0 Å². The van der Waals surface area contributed by atoms with E-state index in [2.05, 4.69) is 5.32 Å². The molecule has 3 rings (SSSR count). The standard InChI is InChI=1S/C18H16Cl2N2O3/c1-22-17(24)21-15(11-3-7-13(19)8-4-11)18(22,16(23)25-2)12-5-9-14(20)10-6-12/h3-10,15H,1-2H3,(H,21,24)/t15-,18+/m1/s1. The highest BCUT2D eigenvalue weighted by molar-refractivity contribution is 6.30. The minimum Gasteiger partial charge on any atom is -0.467 e. The highest BCUT2D eigenvalue weighted by atomic mass is 35.5. The molecule has 1 fully saturated rings. The molecule has 0 spiro atoms. The van der Waals surface area contributed by atoms with Crippen molar-refractivity contribution in [1.82, 2.24) is 10.2 Å². The fraction of sp³-hybridized carbons (Fsp3) is 0.222. The number of carbonyl (C=O) groups is 2. The van der Waals surface area contributed by atoms with Gasteiger partial charge in [-0.15, -0.1) is 0 Å². The quantitative estimate of drug-likeness (QED) is 0.827. The monoisotopic (exact) mass is 378 g/mol. The first kappa shape index (κ1) is 17.6. The molecule has 0 aromatic heterocycles. The first-order valence-electron chi connectivity index (χ1n) is 7.55. The molecule has 1 saturated heterocycles. The number of esters is 1. The summed E-state index contributed by atoms with van der Waals surface area (Å²) < 4.78 is 5.08. The summed E-state index contributed by atoms with van der Waals surface area (Å²) in [7, 11) is 2.87. The normalized spacial score (nSPS) is 22.6. The van der Waals surface area contributed by atoms with Gasteiger partial charge in [0.15, 0.2) is 5.54 Å². The molecule has 0 bridgehead atoms. The van der Waals surface area contributed by atoms with Crippen molar-refractivity contribution in [3.8, 4) is 0 Å². The van der Waals surface area contributed by atoms with Crippen molar-refractivity contribution in [2.75, 3.05) is 14.2 Å². The topological polar surface area (TPSA) is 58.6 Å². The van der Waals surface area contributed by atoms with Gasteiger partial charge in [-0.1, -0.05) is 47.5 Å². The van der Waals surface area contributed by atoms with Gasteiger partial charge in [0.25, 0.3) is 0 Å². The molecular formula is C18H16Cl2N2O3. The summed E-state index contributed by atoms with van der Waals surface area (Å²) in [5.41, 5.74) is -0.0171. The van der Waals surface area contributed by atoms with Gasteiger partial charge in [-0.05, 0) is 35.4 Å². The van der Waals surface area contributed by atoms with Crippen LogP contribution in [0.5, 0.6) is 0 Å². The summed E-state index contributed by atoms with van der Waals surface area (Å²) in [5, 5.41) is 3.97. The first-order valence-corrected chi connectivity index (χ1v) is 8.31. The lowest BCUT2D eigenvalue weighted by Crippen LogP contribution is -2.50. The highest BCUT2D eigenvalue weighted by Gasteiger charge is 2.59. The Morgan fingerprint density at radius 1 is 1.08 bits per heavy atom. The van der Waals surface area contributed by atoms with E-state index in [0.717, 1.165) is 5.56 Å². The van der Waals surface area contributed by atoms with Crippen molar-refractivity contribution >= 4 is 35.2 Å². The number of likely N-dealkylation sites (N-methyl/N-ethyl adjacent to an activating group) is 1. The molecule has 0 unspecified atom stereocenters. The second-order valence-corrected chi connectivity index (χ2v) is 6.63. The molecule has 1 N–H and O–H groups in total. The molecule has 2 aromatic rings.